The molecule has 1 atom stereocenters. The van der Waals surface area contributed by atoms with Gasteiger partial charge in [0.05, 0.1) is 12.1 Å². The molecule has 3 aromatic carbocycles. The predicted molar refractivity (Wildman–Crippen MR) is 107 cm³/mol. The van der Waals surface area contributed by atoms with Crippen molar-refractivity contribution < 1.29 is 45.0 Å². The lowest BCUT2D eigenvalue weighted by atomic mass is 10.1. The Morgan fingerprint density at radius 2 is 1.38 bits per heavy atom. The zero-order valence-electron chi connectivity index (χ0n) is 17.2. The SMILES string of the molecule is O[C@H](CN(Cc1c(F)cc(C(F)(F)F)cc1F)c1cccc(Oc2ccccc2)c1)C(F)(F)F. The lowest BCUT2D eigenvalue weighted by Crippen LogP contribution is -2.41. The van der Waals surface area contributed by atoms with Gasteiger partial charge in [-0.05, 0) is 36.4 Å². The zero-order chi connectivity index (χ0) is 25.1. The summed E-state index contributed by atoms with van der Waals surface area (Å²) in [5.74, 6) is -2.60. The van der Waals surface area contributed by atoms with E-state index in [0.29, 0.717) is 5.75 Å². The lowest BCUT2D eigenvalue weighted by Gasteiger charge is -2.29. The summed E-state index contributed by atoms with van der Waals surface area (Å²) in [6.45, 7) is -2.03. The Hall–Kier alpha value is -3.34. The van der Waals surface area contributed by atoms with E-state index in [9.17, 15) is 40.2 Å². The fraction of sp³-hybridized carbons (Fsp3) is 0.217. The summed E-state index contributed by atoms with van der Waals surface area (Å²) in [6, 6.07) is 13.9. The van der Waals surface area contributed by atoms with Crippen molar-refractivity contribution in [2.75, 3.05) is 11.4 Å². The highest BCUT2D eigenvalue weighted by Gasteiger charge is 2.40. The molecule has 0 bridgehead atoms. The Bertz CT molecular complexity index is 1090. The van der Waals surface area contributed by atoms with Gasteiger partial charge in [-0.25, -0.2) is 8.78 Å². The van der Waals surface area contributed by atoms with Crippen LogP contribution in [-0.4, -0.2) is 23.9 Å². The van der Waals surface area contributed by atoms with Crippen LogP contribution >= 0.6 is 0 Å². The van der Waals surface area contributed by atoms with Gasteiger partial charge in [0, 0.05) is 23.9 Å². The molecule has 0 radical (unpaired) electrons. The molecule has 0 aliphatic carbocycles. The van der Waals surface area contributed by atoms with E-state index in [1.165, 1.54) is 24.3 Å². The summed E-state index contributed by atoms with van der Waals surface area (Å²) < 4.78 is 112. The van der Waals surface area contributed by atoms with Crippen LogP contribution in [0.25, 0.3) is 0 Å². The molecule has 1 N–H and O–H groups in total. The molecule has 0 aromatic heterocycles. The van der Waals surface area contributed by atoms with Crippen LogP contribution in [0.4, 0.5) is 40.8 Å². The maximum atomic E-state index is 14.4. The maximum Gasteiger partial charge on any atom is 0.416 e. The molecule has 0 fully saturated rings. The molecule has 0 saturated heterocycles. The molecule has 0 saturated carbocycles. The highest BCUT2D eigenvalue weighted by Crippen LogP contribution is 2.33. The van der Waals surface area contributed by atoms with Crippen molar-refractivity contribution in [3.8, 4) is 11.5 Å². The second-order valence-corrected chi connectivity index (χ2v) is 7.27. The molecule has 34 heavy (non-hydrogen) atoms. The maximum absolute atomic E-state index is 14.4. The van der Waals surface area contributed by atoms with E-state index in [1.807, 2.05) is 0 Å². The summed E-state index contributed by atoms with van der Waals surface area (Å²) in [4.78, 5) is 0.796. The van der Waals surface area contributed by atoms with Crippen molar-refractivity contribution in [3.63, 3.8) is 0 Å². The van der Waals surface area contributed by atoms with Crippen molar-refractivity contribution in [2.24, 2.45) is 0 Å². The number of hydrogen-bond donors (Lipinski definition) is 1. The van der Waals surface area contributed by atoms with Crippen molar-refractivity contribution in [3.05, 3.63) is 89.5 Å². The Morgan fingerprint density at radius 3 is 1.94 bits per heavy atom. The van der Waals surface area contributed by atoms with E-state index in [-0.39, 0.29) is 23.6 Å². The first-order valence-corrected chi connectivity index (χ1v) is 9.72. The second-order valence-electron chi connectivity index (χ2n) is 7.27. The third kappa shape index (κ3) is 6.37. The Labute approximate surface area is 188 Å². The fourth-order valence-corrected chi connectivity index (χ4v) is 3.05. The van der Waals surface area contributed by atoms with Crippen LogP contribution in [-0.2, 0) is 12.7 Å². The van der Waals surface area contributed by atoms with E-state index < -0.39 is 54.3 Å². The Kier molecular flexibility index (Phi) is 7.35. The monoisotopic (exact) mass is 491 g/mol. The van der Waals surface area contributed by atoms with Gasteiger partial charge in [0.25, 0.3) is 0 Å². The topological polar surface area (TPSA) is 32.7 Å². The van der Waals surface area contributed by atoms with Crippen LogP contribution in [0.2, 0.25) is 0 Å². The average molecular weight is 491 g/mol. The minimum Gasteiger partial charge on any atom is -0.457 e. The molecule has 0 aliphatic heterocycles. The number of aliphatic hydroxyl groups is 1. The van der Waals surface area contributed by atoms with Gasteiger partial charge in [0.1, 0.15) is 23.1 Å². The quantitative estimate of drug-likeness (QED) is 0.373. The predicted octanol–water partition coefficient (Wildman–Crippen LogP) is 6.71. The smallest absolute Gasteiger partial charge is 0.416 e. The average Bonchev–Trinajstić information content (AvgIpc) is 2.74. The minimum atomic E-state index is -5.05. The normalized spacial score (nSPS) is 13.0. The van der Waals surface area contributed by atoms with Crippen molar-refractivity contribution in [1.29, 1.82) is 0 Å². The van der Waals surface area contributed by atoms with Crippen molar-refractivity contribution >= 4 is 5.69 Å². The van der Waals surface area contributed by atoms with Gasteiger partial charge in [-0.2, -0.15) is 26.3 Å². The second kappa shape index (κ2) is 9.88. The van der Waals surface area contributed by atoms with E-state index in [1.54, 1.807) is 30.3 Å². The number of halogens is 8. The number of alkyl halides is 6. The standard InChI is InChI=1S/C23H17F8NO2/c24-19-9-14(22(26,27)28)10-20(25)18(19)12-32(13-21(33)23(29,30)31)15-5-4-8-17(11-15)34-16-6-2-1-3-7-16/h1-11,21,33H,12-13H2/t21-/m1/s1. The van der Waals surface area contributed by atoms with Gasteiger partial charge < -0.3 is 14.7 Å². The van der Waals surface area contributed by atoms with Crippen LogP contribution in [0.15, 0.2) is 66.7 Å². The number of benzene rings is 3. The van der Waals surface area contributed by atoms with Gasteiger partial charge in [-0.1, -0.05) is 24.3 Å². The van der Waals surface area contributed by atoms with Crippen LogP contribution in [0.5, 0.6) is 11.5 Å². The van der Waals surface area contributed by atoms with Gasteiger partial charge in [0.15, 0.2) is 6.10 Å². The highest BCUT2D eigenvalue weighted by atomic mass is 19.4. The molecule has 182 valence electrons. The Morgan fingerprint density at radius 1 is 0.794 bits per heavy atom. The van der Waals surface area contributed by atoms with Gasteiger partial charge in [-0.3, -0.25) is 0 Å². The first kappa shape index (κ1) is 25.3. The third-order valence-corrected chi connectivity index (χ3v) is 4.75. The van der Waals surface area contributed by atoms with Crippen LogP contribution in [0, 0.1) is 11.6 Å². The van der Waals surface area contributed by atoms with Gasteiger partial charge in [0.2, 0.25) is 0 Å². The number of hydrogen-bond acceptors (Lipinski definition) is 3. The zero-order valence-corrected chi connectivity index (χ0v) is 17.2. The molecule has 11 heteroatoms. The number of rotatable bonds is 7. The fourth-order valence-electron chi connectivity index (χ4n) is 3.05. The van der Waals surface area contributed by atoms with Crippen LogP contribution in [0.1, 0.15) is 11.1 Å². The lowest BCUT2D eigenvalue weighted by molar-refractivity contribution is -0.200. The molecule has 0 unspecified atom stereocenters. The number of anilines is 1. The molecule has 0 heterocycles. The van der Waals surface area contributed by atoms with E-state index >= 15 is 0 Å². The van der Waals surface area contributed by atoms with E-state index in [2.05, 4.69) is 0 Å². The minimum absolute atomic E-state index is 0.0181. The molecule has 0 spiro atoms. The molecular formula is C23H17F8NO2. The first-order valence-electron chi connectivity index (χ1n) is 9.72. The van der Waals surface area contributed by atoms with Crippen molar-refractivity contribution in [1.82, 2.24) is 0 Å². The summed E-state index contributed by atoms with van der Waals surface area (Å²) >= 11 is 0. The number of ether oxygens (including phenoxy) is 1. The van der Waals surface area contributed by atoms with Crippen molar-refractivity contribution in [2.45, 2.75) is 25.0 Å². The van der Waals surface area contributed by atoms with Gasteiger partial charge in [-0.15, -0.1) is 0 Å². The summed E-state index contributed by atoms with van der Waals surface area (Å²) in [5.41, 5.74) is -2.49. The van der Waals surface area contributed by atoms with Crippen LogP contribution in [0.3, 0.4) is 0 Å². The molecular weight excluding hydrogens is 474 g/mol. The molecule has 3 nitrogen and oxygen atoms in total. The highest BCUT2D eigenvalue weighted by molar-refractivity contribution is 5.52. The molecule has 3 aromatic rings. The molecule has 3 rings (SSSR count). The first-order chi connectivity index (χ1) is 15.8. The number of aliphatic hydroxyl groups excluding tert-OH is 1. The number of para-hydroxylation sites is 1. The molecule has 0 aliphatic rings. The third-order valence-electron chi connectivity index (χ3n) is 4.75. The van der Waals surface area contributed by atoms with Gasteiger partial charge >= 0.3 is 12.4 Å². The molecule has 0 amide bonds. The summed E-state index contributed by atoms with van der Waals surface area (Å²) in [7, 11) is 0. The van der Waals surface area contributed by atoms with E-state index in [4.69, 9.17) is 4.74 Å². The Balaban J connectivity index is 1.96. The van der Waals surface area contributed by atoms with E-state index in [0.717, 1.165) is 4.90 Å². The summed E-state index contributed by atoms with van der Waals surface area (Å²) in [6.07, 6.45) is -13.0. The largest absolute Gasteiger partial charge is 0.457 e. The summed E-state index contributed by atoms with van der Waals surface area (Å²) in [5, 5.41) is 9.56. The number of nitrogens with zero attached hydrogens (tertiary/aromatic N) is 1. The van der Waals surface area contributed by atoms with Crippen LogP contribution < -0.4 is 9.64 Å².